The molecule has 0 saturated carbocycles. The van der Waals surface area contributed by atoms with Gasteiger partial charge in [-0.25, -0.2) is 4.79 Å². The van der Waals surface area contributed by atoms with Crippen molar-refractivity contribution in [2.45, 2.75) is 25.3 Å². The van der Waals surface area contributed by atoms with Gasteiger partial charge in [-0.2, -0.15) is 0 Å². The molecule has 6 heteroatoms. The van der Waals surface area contributed by atoms with Crippen molar-refractivity contribution in [3.63, 3.8) is 0 Å². The number of hydrogen-bond donors (Lipinski definition) is 1. The highest BCUT2D eigenvalue weighted by Gasteiger charge is 2.30. The Kier molecular flexibility index (Phi) is 5.80. The maximum absolute atomic E-state index is 11.8. The summed E-state index contributed by atoms with van der Waals surface area (Å²) < 4.78 is 10.9. The molecule has 24 heavy (non-hydrogen) atoms. The number of carbonyl (C=O) groups is 1. The lowest BCUT2D eigenvalue weighted by atomic mass is 10.0. The second-order valence-corrected chi connectivity index (χ2v) is 6.40. The van der Waals surface area contributed by atoms with E-state index in [-0.39, 0.29) is 6.03 Å². The van der Waals surface area contributed by atoms with Crippen molar-refractivity contribution in [1.82, 2.24) is 15.1 Å². The number of nitrogens with one attached hydrogen (secondary N) is 1. The highest BCUT2D eigenvalue weighted by Crippen LogP contribution is 2.19. The van der Waals surface area contributed by atoms with E-state index in [0.717, 1.165) is 63.5 Å². The first-order valence-corrected chi connectivity index (χ1v) is 8.80. The third kappa shape index (κ3) is 4.32. The Hall–Kier alpha value is -1.95. The van der Waals surface area contributed by atoms with Crippen molar-refractivity contribution in [3.05, 3.63) is 24.3 Å². The normalized spacial score (nSPS) is 21.6. The summed E-state index contributed by atoms with van der Waals surface area (Å²) in [5.41, 5.74) is 0. The van der Waals surface area contributed by atoms with Gasteiger partial charge in [0.05, 0.1) is 13.7 Å². The van der Waals surface area contributed by atoms with Crippen LogP contribution >= 0.6 is 0 Å². The molecule has 0 aliphatic carbocycles. The Morgan fingerprint density at radius 2 is 2.00 bits per heavy atom. The third-order valence-electron chi connectivity index (χ3n) is 4.76. The first-order valence-electron chi connectivity index (χ1n) is 8.80. The number of carbonyl (C=O) groups excluding carboxylic acids is 1. The second-order valence-electron chi connectivity index (χ2n) is 6.40. The minimum absolute atomic E-state index is 0.102. The molecule has 2 saturated heterocycles. The average Bonchev–Trinajstić information content (AvgIpc) is 3.05. The Morgan fingerprint density at radius 1 is 1.21 bits per heavy atom. The molecule has 2 heterocycles. The van der Waals surface area contributed by atoms with Crippen molar-refractivity contribution in [1.29, 1.82) is 0 Å². The van der Waals surface area contributed by atoms with Crippen LogP contribution < -0.4 is 14.8 Å². The molecule has 0 bridgehead atoms. The molecular weight excluding hydrogens is 306 g/mol. The number of methoxy groups -OCH3 is 1. The first kappa shape index (κ1) is 16.9. The smallest absolute Gasteiger partial charge is 0.317 e. The van der Waals surface area contributed by atoms with Gasteiger partial charge < -0.3 is 24.6 Å². The molecule has 2 aliphatic rings. The highest BCUT2D eigenvalue weighted by molar-refractivity contribution is 5.76. The fourth-order valence-electron chi connectivity index (χ4n) is 3.47. The Morgan fingerprint density at radius 3 is 2.71 bits per heavy atom. The zero-order valence-electron chi connectivity index (χ0n) is 14.4. The van der Waals surface area contributed by atoms with E-state index < -0.39 is 0 Å². The molecule has 2 amide bonds. The number of urea groups is 1. The van der Waals surface area contributed by atoms with Crippen molar-refractivity contribution in [3.8, 4) is 11.5 Å². The first-order chi connectivity index (χ1) is 11.8. The topological polar surface area (TPSA) is 54.0 Å². The third-order valence-corrected chi connectivity index (χ3v) is 4.76. The Bertz CT molecular complexity index is 535. The van der Waals surface area contributed by atoms with Crippen LogP contribution in [0.2, 0.25) is 0 Å². The lowest BCUT2D eigenvalue weighted by Crippen LogP contribution is -2.49. The van der Waals surface area contributed by atoms with Crippen LogP contribution in [0.5, 0.6) is 11.5 Å². The summed E-state index contributed by atoms with van der Waals surface area (Å²) in [6.45, 7) is 5.45. The number of rotatable bonds is 7. The van der Waals surface area contributed by atoms with Crippen molar-refractivity contribution < 1.29 is 14.3 Å². The van der Waals surface area contributed by atoms with E-state index in [1.165, 1.54) is 0 Å². The SMILES string of the molecule is COc1ccc(OCCCN2CCC[C@H](N3CCNC3=O)C2)cc1. The fraction of sp³-hybridized carbons (Fsp3) is 0.611. The lowest BCUT2D eigenvalue weighted by Gasteiger charge is -2.37. The molecule has 0 radical (unpaired) electrons. The maximum atomic E-state index is 11.8. The van der Waals surface area contributed by atoms with Crippen LogP contribution in [0.3, 0.4) is 0 Å². The van der Waals surface area contributed by atoms with Gasteiger partial charge in [-0.1, -0.05) is 0 Å². The van der Waals surface area contributed by atoms with Crippen molar-refractivity contribution in [2.75, 3.05) is 46.4 Å². The van der Waals surface area contributed by atoms with Crippen LogP contribution in [-0.2, 0) is 0 Å². The number of hydrogen-bond acceptors (Lipinski definition) is 4. The van der Waals surface area contributed by atoms with Crippen LogP contribution in [0.4, 0.5) is 4.79 Å². The van der Waals surface area contributed by atoms with E-state index in [2.05, 4.69) is 10.2 Å². The summed E-state index contributed by atoms with van der Waals surface area (Å²) in [7, 11) is 1.66. The van der Waals surface area contributed by atoms with E-state index in [1.54, 1.807) is 7.11 Å². The predicted molar refractivity (Wildman–Crippen MR) is 92.7 cm³/mol. The summed E-state index contributed by atoms with van der Waals surface area (Å²) in [4.78, 5) is 16.3. The van der Waals surface area contributed by atoms with Gasteiger partial charge in [0.15, 0.2) is 0 Å². The van der Waals surface area contributed by atoms with Gasteiger partial charge in [-0.05, 0) is 50.1 Å². The van der Waals surface area contributed by atoms with Gasteiger partial charge in [0.1, 0.15) is 11.5 Å². The Labute approximate surface area is 143 Å². The van der Waals surface area contributed by atoms with Crippen LogP contribution in [0.1, 0.15) is 19.3 Å². The summed E-state index contributed by atoms with van der Waals surface area (Å²) in [6, 6.07) is 8.15. The minimum Gasteiger partial charge on any atom is -0.497 e. The van der Waals surface area contributed by atoms with Gasteiger partial charge in [-0.15, -0.1) is 0 Å². The molecule has 0 spiro atoms. The highest BCUT2D eigenvalue weighted by atomic mass is 16.5. The number of ether oxygens (including phenoxy) is 2. The maximum Gasteiger partial charge on any atom is 0.317 e. The molecule has 0 unspecified atom stereocenters. The molecule has 1 N–H and O–H groups in total. The molecule has 6 nitrogen and oxygen atoms in total. The van der Waals surface area contributed by atoms with E-state index in [1.807, 2.05) is 29.2 Å². The second kappa shape index (κ2) is 8.24. The predicted octanol–water partition coefficient (Wildman–Crippen LogP) is 1.95. The van der Waals surface area contributed by atoms with Crippen LogP contribution in [0, 0.1) is 0 Å². The standard InChI is InChI=1S/C18H27N3O3/c1-23-16-5-7-17(8-6-16)24-13-3-11-20-10-2-4-15(14-20)21-12-9-19-18(21)22/h5-8,15H,2-4,9-14H2,1H3,(H,19,22)/t15-/m0/s1. The summed E-state index contributed by atoms with van der Waals surface area (Å²) >= 11 is 0. The largest absolute Gasteiger partial charge is 0.497 e. The molecule has 3 rings (SSSR count). The molecule has 1 atom stereocenters. The van der Waals surface area contributed by atoms with Crippen LogP contribution in [-0.4, -0.2) is 68.3 Å². The molecule has 0 aromatic heterocycles. The number of likely N-dealkylation sites (tertiary alicyclic amines) is 1. The average molecular weight is 333 g/mol. The van der Waals surface area contributed by atoms with Gasteiger partial charge in [0.25, 0.3) is 0 Å². The minimum atomic E-state index is 0.102. The van der Waals surface area contributed by atoms with E-state index in [4.69, 9.17) is 9.47 Å². The molecular formula is C18H27N3O3. The zero-order chi connectivity index (χ0) is 16.8. The summed E-state index contributed by atoms with van der Waals surface area (Å²) in [5.74, 6) is 1.72. The monoisotopic (exact) mass is 333 g/mol. The summed E-state index contributed by atoms with van der Waals surface area (Å²) in [6.07, 6.45) is 3.27. The lowest BCUT2D eigenvalue weighted by molar-refractivity contribution is 0.121. The molecule has 1 aromatic carbocycles. The Balaban J connectivity index is 1.37. The molecule has 132 valence electrons. The fourth-order valence-corrected chi connectivity index (χ4v) is 3.47. The summed E-state index contributed by atoms with van der Waals surface area (Å²) in [5, 5.41) is 2.90. The van der Waals surface area contributed by atoms with Gasteiger partial charge in [0, 0.05) is 32.2 Å². The zero-order valence-corrected chi connectivity index (χ0v) is 14.4. The van der Waals surface area contributed by atoms with E-state index >= 15 is 0 Å². The van der Waals surface area contributed by atoms with Gasteiger partial charge in [0.2, 0.25) is 0 Å². The molecule has 1 aromatic rings. The van der Waals surface area contributed by atoms with Gasteiger partial charge >= 0.3 is 6.03 Å². The number of benzene rings is 1. The van der Waals surface area contributed by atoms with E-state index in [0.29, 0.717) is 12.6 Å². The number of amides is 2. The van der Waals surface area contributed by atoms with Crippen molar-refractivity contribution in [2.24, 2.45) is 0 Å². The molecule has 2 aliphatic heterocycles. The van der Waals surface area contributed by atoms with Gasteiger partial charge in [-0.3, -0.25) is 0 Å². The quantitative estimate of drug-likeness (QED) is 0.775. The molecule has 2 fully saturated rings. The van der Waals surface area contributed by atoms with E-state index in [9.17, 15) is 4.79 Å². The van der Waals surface area contributed by atoms with Crippen LogP contribution in [0.25, 0.3) is 0 Å². The van der Waals surface area contributed by atoms with Crippen molar-refractivity contribution >= 4 is 6.03 Å². The number of piperidine rings is 1. The number of nitrogens with zero attached hydrogens (tertiary/aromatic N) is 2. The van der Waals surface area contributed by atoms with Crippen LogP contribution in [0.15, 0.2) is 24.3 Å².